The van der Waals surface area contributed by atoms with Gasteiger partial charge in [-0.25, -0.2) is 0 Å². The van der Waals surface area contributed by atoms with Crippen LogP contribution in [0.25, 0.3) is 11.1 Å². The molecule has 0 aliphatic carbocycles. The van der Waals surface area contributed by atoms with E-state index < -0.39 is 5.97 Å². The van der Waals surface area contributed by atoms with Crippen molar-refractivity contribution in [3.63, 3.8) is 0 Å². The van der Waals surface area contributed by atoms with Gasteiger partial charge in [-0.2, -0.15) is 0 Å². The van der Waals surface area contributed by atoms with Crippen LogP contribution < -0.4 is 0 Å². The van der Waals surface area contributed by atoms with Crippen LogP contribution in [0.2, 0.25) is 0 Å². The van der Waals surface area contributed by atoms with Gasteiger partial charge < -0.3 is 5.11 Å². The number of carboxylic acid groups (broad SMARTS) is 1. The average Bonchev–Trinajstić information content (AvgIpc) is 2.45. The minimum absolute atomic E-state index is 0.139. The normalized spacial score (nSPS) is 10.1. The van der Waals surface area contributed by atoms with Crippen molar-refractivity contribution in [2.75, 3.05) is 0 Å². The molecule has 0 radical (unpaired) electrons. The molecular formula is C16H14O3. The fourth-order valence-corrected chi connectivity index (χ4v) is 1.91. The Labute approximate surface area is 111 Å². The molecule has 19 heavy (non-hydrogen) atoms. The Hall–Kier alpha value is -2.42. The molecule has 0 unspecified atom stereocenters. The summed E-state index contributed by atoms with van der Waals surface area (Å²) >= 11 is 0. The predicted molar refractivity (Wildman–Crippen MR) is 73.2 cm³/mol. The first-order valence-corrected chi connectivity index (χ1v) is 6.05. The van der Waals surface area contributed by atoms with E-state index in [1.54, 1.807) is 6.07 Å². The number of hydrogen-bond acceptors (Lipinski definition) is 2. The lowest BCUT2D eigenvalue weighted by atomic mass is 10.0. The van der Waals surface area contributed by atoms with E-state index in [1.165, 1.54) is 0 Å². The minimum Gasteiger partial charge on any atom is -0.481 e. The number of carbonyl (C=O) groups excluding carboxylic acids is 1. The van der Waals surface area contributed by atoms with Crippen LogP contribution in [0.1, 0.15) is 22.3 Å². The molecule has 0 saturated heterocycles. The lowest BCUT2D eigenvalue weighted by Crippen LogP contribution is -1.97. The summed E-state index contributed by atoms with van der Waals surface area (Å²) in [4.78, 5) is 21.2. The van der Waals surface area contributed by atoms with E-state index in [4.69, 9.17) is 5.11 Å². The summed E-state index contributed by atoms with van der Waals surface area (Å²) in [6, 6.07) is 15.1. The fraction of sp³-hybridized carbons (Fsp3) is 0.125. The third-order valence-electron chi connectivity index (χ3n) is 2.94. The first-order valence-electron chi connectivity index (χ1n) is 6.05. The number of benzene rings is 2. The summed E-state index contributed by atoms with van der Waals surface area (Å²) in [7, 11) is 0. The third kappa shape index (κ3) is 3.52. The molecule has 1 N–H and O–H groups in total. The van der Waals surface area contributed by atoms with Crippen LogP contribution in [0.15, 0.2) is 48.5 Å². The van der Waals surface area contributed by atoms with Crippen molar-refractivity contribution in [1.82, 2.24) is 0 Å². The number of rotatable bonds is 5. The van der Waals surface area contributed by atoms with Crippen LogP contribution >= 0.6 is 0 Å². The van der Waals surface area contributed by atoms with Crippen LogP contribution in [-0.2, 0) is 11.2 Å². The number of carboxylic acids is 1. The number of aldehydes is 1. The van der Waals surface area contributed by atoms with E-state index in [0.29, 0.717) is 12.0 Å². The highest BCUT2D eigenvalue weighted by molar-refractivity contribution is 5.78. The molecule has 3 heteroatoms. The monoisotopic (exact) mass is 254 g/mol. The van der Waals surface area contributed by atoms with E-state index in [2.05, 4.69) is 0 Å². The summed E-state index contributed by atoms with van der Waals surface area (Å²) in [5, 5.41) is 8.63. The Kier molecular flexibility index (Phi) is 4.08. The summed E-state index contributed by atoms with van der Waals surface area (Å²) in [5.74, 6) is -0.789. The molecule has 0 atom stereocenters. The summed E-state index contributed by atoms with van der Waals surface area (Å²) < 4.78 is 0. The largest absolute Gasteiger partial charge is 0.481 e. The first kappa shape index (κ1) is 13.0. The van der Waals surface area contributed by atoms with Gasteiger partial charge in [0.05, 0.1) is 0 Å². The molecule has 0 aromatic heterocycles. The standard InChI is InChI=1S/C16H14O3/c17-11-13-2-1-3-15(10-13)14-7-4-12(5-8-14)6-9-16(18)19/h1-5,7-8,10-11H,6,9H2,(H,18,19). The highest BCUT2D eigenvalue weighted by Crippen LogP contribution is 2.21. The Morgan fingerprint density at radius 3 is 2.42 bits per heavy atom. The number of aryl methyl sites for hydroxylation is 1. The third-order valence-corrected chi connectivity index (χ3v) is 2.94. The summed E-state index contributed by atoms with van der Waals surface area (Å²) in [6.45, 7) is 0. The molecule has 0 spiro atoms. The molecule has 0 heterocycles. The minimum atomic E-state index is -0.789. The molecular weight excluding hydrogens is 240 g/mol. The summed E-state index contributed by atoms with van der Waals surface area (Å²) in [6.07, 6.45) is 1.49. The van der Waals surface area contributed by atoms with E-state index in [1.807, 2.05) is 42.5 Å². The molecule has 0 fully saturated rings. The van der Waals surface area contributed by atoms with Gasteiger partial charge in [0.25, 0.3) is 0 Å². The van der Waals surface area contributed by atoms with Crippen LogP contribution in [0.4, 0.5) is 0 Å². The zero-order chi connectivity index (χ0) is 13.7. The zero-order valence-corrected chi connectivity index (χ0v) is 10.4. The van der Waals surface area contributed by atoms with Crippen LogP contribution in [0.3, 0.4) is 0 Å². The van der Waals surface area contributed by atoms with Crippen molar-refractivity contribution in [3.05, 3.63) is 59.7 Å². The fourth-order valence-electron chi connectivity index (χ4n) is 1.91. The van der Waals surface area contributed by atoms with Crippen molar-refractivity contribution < 1.29 is 14.7 Å². The lowest BCUT2D eigenvalue weighted by Gasteiger charge is -2.04. The highest BCUT2D eigenvalue weighted by atomic mass is 16.4. The second kappa shape index (κ2) is 5.96. The molecule has 0 saturated carbocycles. The van der Waals surface area contributed by atoms with Crippen molar-refractivity contribution >= 4 is 12.3 Å². The Morgan fingerprint density at radius 2 is 1.79 bits per heavy atom. The van der Waals surface area contributed by atoms with Crippen molar-refractivity contribution in [2.24, 2.45) is 0 Å². The van der Waals surface area contributed by atoms with Crippen LogP contribution in [0, 0.1) is 0 Å². The zero-order valence-electron chi connectivity index (χ0n) is 10.4. The van der Waals surface area contributed by atoms with Gasteiger partial charge in [-0.15, -0.1) is 0 Å². The van der Waals surface area contributed by atoms with Gasteiger partial charge in [-0.05, 0) is 29.2 Å². The van der Waals surface area contributed by atoms with Gasteiger partial charge in [-0.1, -0.05) is 42.5 Å². The quantitative estimate of drug-likeness (QED) is 0.834. The Bertz CT molecular complexity index is 585. The van der Waals surface area contributed by atoms with Crippen molar-refractivity contribution in [2.45, 2.75) is 12.8 Å². The maximum absolute atomic E-state index is 10.7. The molecule has 0 aliphatic rings. The Balaban J connectivity index is 2.17. The van der Waals surface area contributed by atoms with Gasteiger partial charge in [0.1, 0.15) is 6.29 Å². The molecule has 0 bridgehead atoms. The topological polar surface area (TPSA) is 54.4 Å². The van der Waals surface area contributed by atoms with Gasteiger partial charge in [0, 0.05) is 12.0 Å². The highest BCUT2D eigenvalue weighted by Gasteiger charge is 2.01. The number of hydrogen-bond donors (Lipinski definition) is 1. The second-order valence-corrected chi connectivity index (χ2v) is 4.33. The van der Waals surface area contributed by atoms with Gasteiger partial charge in [0.2, 0.25) is 0 Å². The molecule has 2 aromatic rings. The SMILES string of the molecule is O=Cc1cccc(-c2ccc(CCC(=O)O)cc2)c1. The number of aliphatic carboxylic acids is 1. The lowest BCUT2D eigenvalue weighted by molar-refractivity contribution is -0.136. The van der Waals surface area contributed by atoms with E-state index in [0.717, 1.165) is 23.0 Å². The maximum Gasteiger partial charge on any atom is 0.303 e. The maximum atomic E-state index is 10.7. The summed E-state index contributed by atoms with van der Waals surface area (Å²) in [5.41, 5.74) is 3.64. The van der Waals surface area contributed by atoms with Gasteiger partial charge in [-0.3, -0.25) is 9.59 Å². The van der Waals surface area contributed by atoms with Crippen molar-refractivity contribution in [3.8, 4) is 11.1 Å². The van der Waals surface area contributed by atoms with E-state index in [-0.39, 0.29) is 6.42 Å². The van der Waals surface area contributed by atoms with Crippen molar-refractivity contribution in [1.29, 1.82) is 0 Å². The molecule has 96 valence electrons. The van der Waals surface area contributed by atoms with Gasteiger partial charge >= 0.3 is 5.97 Å². The molecule has 0 amide bonds. The second-order valence-electron chi connectivity index (χ2n) is 4.33. The van der Waals surface area contributed by atoms with Crippen LogP contribution in [0.5, 0.6) is 0 Å². The predicted octanol–water partition coefficient (Wildman–Crippen LogP) is 3.18. The smallest absolute Gasteiger partial charge is 0.303 e. The molecule has 2 aromatic carbocycles. The van der Waals surface area contributed by atoms with E-state index >= 15 is 0 Å². The van der Waals surface area contributed by atoms with E-state index in [9.17, 15) is 9.59 Å². The average molecular weight is 254 g/mol. The van der Waals surface area contributed by atoms with Crippen LogP contribution in [-0.4, -0.2) is 17.4 Å². The number of carbonyl (C=O) groups is 2. The molecule has 2 rings (SSSR count). The van der Waals surface area contributed by atoms with Gasteiger partial charge in [0.15, 0.2) is 0 Å². The first-order chi connectivity index (χ1) is 9.19. The Morgan fingerprint density at radius 1 is 1.05 bits per heavy atom. The molecule has 3 nitrogen and oxygen atoms in total. The molecule has 0 aliphatic heterocycles.